The minimum Gasteiger partial charge on any atom is -0.350 e. The number of pyridine rings is 1. The molecule has 0 saturated carbocycles. The fraction of sp³-hybridized carbons (Fsp3) is 0.261. The van der Waals surface area contributed by atoms with Crippen LogP contribution in [-0.4, -0.2) is 53.9 Å². The molecule has 3 N–H and O–H groups in total. The highest BCUT2D eigenvalue weighted by molar-refractivity contribution is 5.88. The van der Waals surface area contributed by atoms with Crippen LogP contribution in [0.4, 0.5) is 22.0 Å². The Morgan fingerprint density at radius 3 is 2.69 bits per heavy atom. The molecule has 1 aliphatic heterocycles. The van der Waals surface area contributed by atoms with Crippen LogP contribution in [0.15, 0.2) is 42.9 Å². The predicted octanol–water partition coefficient (Wildman–Crippen LogP) is 1.93. The number of aromatic amines is 1. The minimum absolute atomic E-state index is 0.168. The van der Waals surface area contributed by atoms with E-state index in [2.05, 4.69) is 47.0 Å². The third-order valence-electron chi connectivity index (χ3n) is 5.71. The van der Waals surface area contributed by atoms with Gasteiger partial charge in [-0.1, -0.05) is 6.07 Å². The summed E-state index contributed by atoms with van der Waals surface area (Å²) in [5, 5.41) is 26.6. The number of hydrogen-bond donors (Lipinski definition) is 3. The average Bonchev–Trinajstić information content (AvgIpc) is 3.45. The molecule has 0 radical (unpaired) electrons. The number of amides is 1. The second kappa shape index (κ2) is 9.06. The average molecular weight is 488 g/mol. The lowest BCUT2D eigenvalue weighted by Gasteiger charge is -2.44. The summed E-state index contributed by atoms with van der Waals surface area (Å²) in [4.78, 5) is 27.9. The van der Waals surface area contributed by atoms with Crippen LogP contribution in [-0.2, 0) is 11.3 Å². The lowest BCUT2D eigenvalue weighted by Crippen LogP contribution is -2.63. The highest BCUT2D eigenvalue weighted by Crippen LogP contribution is 2.33. The topological polar surface area (TPSA) is 153 Å². The maximum Gasteiger partial charge on any atom is 0.244 e. The Kier molecular flexibility index (Phi) is 5.77. The molecular weight excluding hydrogens is 465 g/mol. The SMILES string of the molecule is Cc1cc(Nc2cc(C)[nH]n2)nc(N2CC(C#N)(C(=O)NCc3ccc(-n4cc(F)cn4)nc3)C2)n1. The molecule has 12 nitrogen and oxygen atoms in total. The van der Waals surface area contributed by atoms with E-state index >= 15 is 0 Å². The monoisotopic (exact) mass is 487 g/mol. The third-order valence-corrected chi connectivity index (χ3v) is 5.71. The Labute approximate surface area is 205 Å². The van der Waals surface area contributed by atoms with Gasteiger partial charge in [0.1, 0.15) is 5.82 Å². The van der Waals surface area contributed by atoms with Crippen molar-refractivity contribution in [2.75, 3.05) is 23.3 Å². The number of carbonyl (C=O) groups excluding carboxylic acids is 1. The van der Waals surface area contributed by atoms with Crippen LogP contribution in [0.3, 0.4) is 0 Å². The molecule has 0 aliphatic carbocycles. The van der Waals surface area contributed by atoms with Crippen molar-refractivity contribution in [2.24, 2.45) is 5.41 Å². The molecule has 0 aromatic carbocycles. The van der Waals surface area contributed by atoms with Crippen molar-refractivity contribution < 1.29 is 9.18 Å². The number of aryl methyl sites for hydroxylation is 2. The summed E-state index contributed by atoms with van der Waals surface area (Å²) in [6, 6.07) is 9.22. The molecule has 1 aliphatic rings. The molecule has 5 rings (SSSR count). The molecule has 182 valence electrons. The fourth-order valence-corrected chi connectivity index (χ4v) is 3.82. The van der Waals surface area contributed by atoms with Gasteiger partial charge in [0.2, 0.25) is 11.9 Å². The molecule has 1 fully saturated rings. The van der Waals surface area contributed by atoms with Crippen LogP contribution in [0.5, 0.6) is 0 Å². The summed E-state index contributed by atoms with van der Waals surface area (Å²) >= 11 is 0. The van der Waals surface area contributed by atoms with Crippen LogP contribution in [0, 0.1) is 36.4 Å². The summed E-state index contributed by atoms with van der Waals surface area (Å²) in [6.07, 6.45) is 3.88. The zero-order chi connectivity index (χ0) is 25.3. The van der Waals surface area contributed by atoms with E-state index in [-0.39, 0.29) is 25.5 Å². The molecule has 4 aromatic heterocycles. The van der Waals surface area contributed by atoms with Crippen molar-refractivity contribution in [3.63, 3.8) is 0 Å². The molecule has 1 saturated heterocycles. The van der Waals surface area contributed by atoms with Crippen molar-refractivity contribution >= 4 is 23.5 Å². The summed E-state index contributed by atoms with van der Waals surface area (Å²) in [5.41, 5.74) is 1.17. The molecule has 4 aromatic rings. The van der Waals surface area contributed by atoms with E-state index in [0.717, 1.165) is 23.1 Å². The van der Waals surface area contributed by atoms with E-state index < -0.39 is 11.2 Å². The number of nitrogens with one attached hydrogen (secondary N) is 3. The zero-order valence-corrected chi connectivity index (χ0v) is 19.5. The number of aromatic nitrogens is 7. The summed E-state index contributed by atoms with van der Waals surface area (Å²) in [5.74, 6) is 1.24. The number of carbonyl (C=O) groups is 1. The van der Waals surface area contributed by atoms with Gasteiger partial charge in [0.25, 0.3) is 0 Å². The number of nitrogens with zero attached hydrogens (tertiary/aromatic N) is 8. The molecule has 36 heavy (non-hydrogen) atoms. The van der Waals surface area contributed by atoms with Crippen molar-refractivity contribution in [3.05, 3.63) is 65.6 Å². The summed E-state index contributed by atoms with van der Waals surface area (Å²) in [7, 11) is 0. The lowest BCUT2D eigenvalue weighted by atomic mass is 9.80. The summed E-state index contributed by atoms with van der Waals surface area (Å²) in [6.45, 7) is 4.28. The Bertz CT molecular complexity index is 1450. The normalized spacial score (nSPS) is 14.1. The molecule has 0 unspecified atom stereocenters. The second-order valence-corrected chi connectivity index (χ2v) is 8.62. The van der Waals surface area contributed by atoms with Gasteiger partial charge in [-0.05, 0) is 25.5 Å². The fourth-order valence-electron chi connectivity index (χ4n) is 3.82. The first kappa shape index (κ1) is 22.9. The zero-order valence-electron chi connectivity index (χ0n) is 19.5. The van der Waals surface area contributed by atoms with E-state index in [1.807, 2.05) is 19.9 Å². The smallest absolute Gasteiger partial charge is 0.244 e. The van der Waals surface area contributed by atoms with Crippen molar-refractivity contribution in [1.82, 2.24) is 40.2 Å². The number of H-pyrrole nitrogens is 1. The van der Waals surface area contributed by atoms with Gasteiger partial charge in [0.05, 0.1) is 31.6 Å². The summed E-state index contributed by atoms with van der Waals surface area (Å²) < 4.78 is 14.5. The third kappa shape index (κ3) is 4.56. The van der Waals surface area contributed by atoms with Gasteiger partial charge in [-0.2, -0.15) is 20.4 Å². The molecule has 0 bridgehead atoms. The number of halogens is 1. The van der Waals surface area contributed by atoms with Crippen LogP contribution < -0.4 is 15.5 Å². The Morgan fingerprint density at radius 1 is 1.22 bits per heavy atom. The van der Waals surface area contributed by atoms with Gasteiger partial charge in [-0.15, -0.1) is 0 Å². The highest BCUT2D eigenvalue weighted by atomic mass is 19.1. The van der Waals surface area contributed by atoms with Gasteiger partial charge in [0.15, 0.2) is 22.9 Å². The molecule has 0 atom stereocenters. The van der Waals surface area contributed by atoms with Gasteiger partial charge < -0.3 is 15.5 Å². The van der Waals surface area contributed by atoms with E-state index in [0.29, 0.717) is 23.4 Å². The number of hydrogen-bond acceptors (Lipinski definition) is 9. The number of nitriles is 1. The van der Waals surface area contributed by atoms with Crippen molar-refractivity contribution in [1.29, 1.82) is 5.26 Å². The maximum absolute atomic E-state index is 13.1. The first-order chi connectivity index (χ1) is 17.3. The van der Waals surface area contributed by atoms with Gasteiger partial charge in [0, 0.05) is 36.3 Å². The standard InChI is InChI=1S/C23H22FN11O/c1-14-5-18(30-19-6-15(2)32-33-19)31-22(29-14)34-12-23(11-25,13-34)21(36)27-8-16-3-4-20(26-7-16)35-10-17(24)9-28-35/h3-7,9-10H,8,12-13H2,1-2H3,(H,27,36)(H2,29,30,31,32,33). The Hall–Kier alpha value is -4.86. The van der Waals surface area contributed by atoms with Gasteiger partial charge in [-0.25, -0.2) is 19.0 Å². The quantitative estimate of drug-likeness (QED) is 0.355. The molecule has 0 spiro atoms. The van der Waals surface area contributed by atoms with Crippen molar-refractivity contribution in [3.8, 4) is 11.9 Å². The van der Waals surface area contributed by atoms with Crippen LogP contribution >= 0.6 is 0 Å². The van der Waals surface area contributed by atoms with E-state index in [9.17, 15) is 14.4 Å². The number of anilines is 3. The predicted molar refractivity (Wildman–Crippen MR) is 127 cm³/mol. The molecule has 1 amide bonds. The first-order valence-corrected chi connectivity index (χ1v) is 11.1. The van der Waals surface area contributed by atoms with Crippen LogP contribution in [0.2, 0.25) is 0 Å². The van der Waals surface area contributed by atoms with E-state index in [4.69, 9.17) is 0 Å². The highest BCUT2D eigenvalue weighted by Gasteiger charge is 2.51. The molecule has 5 heterocycles. The lowest BCUT2D eigenvalue weighted by molar-refractivity contribution is -0.129. The Balaban J connectivity index is 1.20. The van der Waals surface area contributed by atoms with Crippen molar-refractivity contribution in [2.45, 2.75) is 20.4 Å². The first-order valence-electron chi connectivity index (χ1n) is 11.1. The largest absolute Gasteiger partial charge is 0.350 e. The van der Waals surface area contributed by atoms with Gasteiger partial charge in [-0.3, -0.25) is 9.89 Å². The van der Waals surface area contributed by atoms with Gasteiger partial charge >= 0.3 is 0 Å². The number of rotatable bonds is 7. The minimum atomic E-state index is -1.21. The van der Waals surface area contributed by atoms with Crippen LogP contribution in [0.1, 0.15) is 17.0 Å². The Morgan fingerprint density at radius 2 is 2.06 bits per heavy atom. The van der Waals surface area contributed by atoms with E-state index in [1.165, 1.54) is 10.9 Å². The molecule has 13 heteroatoms. The maximum atomic E-state index is 13.1. The van der Waals surface area contributed by atoms with Crippen LogP contribution in [0.25, 0.3) is 5.82 Å². The molecular formula is C23H22FN11O. The van der Waals surface area contributed by atoms with E-state index in [1.54, 1.807) is 29.3 Å². The second-order valence-electron chi connectivity index (χ2n) is 8.62.